The van der Waals surface area contributed by atoms with E-state index in [0.717, 1.165) is 10.9 Å². The first-order chi connectivity index (χ1) is 9.08. The lowest BCUT2D eigenvalue weighted by Gasteiger charge is -2.05. The molecule has 0 aliphatic rings. The Balaban J connectivity index is 2.24. The van der Waals surface area contributed by atoms with Crippen LogP contribution in [0.3, 0.4) is 0 Å². The van der Waals surface area contributed by atoms with Crippen molar-refractivity contribution in [3.8, 4) is 0 Å². The summed E-state index contributed by atoms with van der Waals surface area (Å²) in [5.74, 6) is 0. The molecule has 0 saturated heterocycles. The van der Waals surface area contributed by atoms with E-state index in [2.05, 4.69) is 10.3 Å². The van der Waals surface area contributed by atoms with E-state index >= 15 is 0 Å². The summed E-state index contributed by atoms with van der Waals surface area (Å²) in [6, 6.07) is 3.49. The lowest BCUT2D eigenvalue weighted by molar-refractivity contribution is -0.393. The van der Waals surface area contributed by atoms with Gasteiger partial charge in [-0.3, -0.25) is 25.2 Å². The minimum absolute atomic E-state index is 0.240. The highest BCUT2D eigenvalue weighted by atomic mass is 32.1. The van der Waals surface area contributed by atoms with E-state index in [9.17, 15) is 20.2 Å². The molecule has 0 radical (unpaired) electrons. The maximum Gasteiger partial charge on any atom is 0.299 e. The largest absolute Gasteiger partial charge is 0.375 e. The molecule has 1 aromatic heterocycles. The van der Waals surface area contributed by atoms with Crippen LogP contribution in [0, 0.1) is 20.2 Å². The monoisotopic (exact) mass is 280 g/mol. The highest BCUT2D eigenvalue weighted by Gasteiger charge is 2.19. The van der Waals surface area contributed by atoms with Crippen LogP contribution in [-0.2, 0) is 6.54 Å². The van der Waals surface area contributed by atoms with Crippen molar-refractivity contribution >= 4 is 28.4 Å². The summed E-state index contributed by atoms with van der Waals surface area (Å²) in [6.07, 6.45) is 1.65. The van der Waals surface area contributed by atoms with Gasteiger partial charge in [0, 0.05) is 17.1 Å². The van der Waals surface area contributed by atoms with Gasteiger partial charge < -0.3 is 5.32 Å². The predicted octanol–water partition coefficient (Wildman–Crippen LogP) is 2.57. The second-order valence-corrected chi connectivity index (χ2v) is 4.51. The van der Waals surface area contributed by atoms with E-state index in [4.69, 9.17) is 0 Å². The van der Waals surface area contributed by atoms with Crippen molar-refractivity contribution in [1.29, 1.82) is 0 Å². The van der Waals surface area contributed by atoms with Gasteiger partial charge in [-0.1, -0.05) is 0 Å². The lowest BCUT2D eigenvalue weighted by Crippen LogP contribution is -2.02. The SMILES string of the molecule is O=[N+]([O-])c1ccc(NCc2cncs2)c([N+](=O)[O-])c1. The molecule has 2 aromatic rings. The number of hydrogen-bond acceptors (Lipinski definition) is 7. The highest BCUT2D eigenvalue weighted by molar-refractivity contribution is 7.09. The van der Waals surface area contributed by atoms with E-state index in [1.807, 2.05) is 0 Å². The molecule has 0 aliphatic carbocycles. The Labute approximate surface area is 111 Å². The van der Waals surface area contributed by atoms with Gasteiger partial charge in [0.15, 0.2) is 0 Å². The van der Waals surface area contributed by atoms with Gasteiger partial charge in [0.05, 0.1) is 28.0 Å². The molecule has 0 bridgehead atoms. The van der Waals surface area contributed by atoms with E-state index in [1.54, 1.807) is 11.7 Å². The first-order valence-electron chi connectivity index (χ1n) is 5.12. The molecule has 98 valence electrons. The molecule has 8 nitrogen and oxygen atoms in total. The number of thiazole rings is 1. The Bertz CT molecular complexity index is 614. The molecule has 0 fully saturated rings. The number of nitro benzene ring substituents is 2. The van der Waals surface area contributed by atoms with E-state index in [0.29, 0.717) is 6.54 Å². The molecule has 0 atom stereocenters. The maximum absolute atomic E-state index is 10.9. The van der Waals surface area contributed by atoms with Gasteiger partial charge in [-0.2, -0.15) is 0 Å². The van der Waals surface area contributed by atoms with Gasteiger partial charge in [0.1, 0.15) is 5.69 Å². The molecule has 9 heteroatoms. The van der Waals surface area contributed by atoms with Gasteiger partial charge in [0.2, 0.25) is 0 Å². The fourth-order valence-corrected chi connectivity index (χ4v) is 1.98. The van der Waals surface area contributed by atoms with Crippen molar-refractivity contribution < 1.29 is 9.85 Å². The number of nitrogens with one attached hydrogen (secondary N) is 1. The van der Waals surface area contributed by atoms with Gasteiger partial charge >= 0.3 is 0 Å². The highest BCUT2D eigenvalue weighted by Crippen LogP contribution is 2.29. The second kappa shape index (κ2) is 5.40. The number of nitro groups is 2. The minimum Gasteiger partial charge on any atom is -0.375 e. The maximum atomic E-state index is 10.9. The summed E-state index contributed by atoms with van der Waals surface area (Å²) >= 11 is 1.41. The molecule has 0 spiro atoms. The average molecular weight is 280 g/mol. The molecule has 19 heavy (non-hydrogen) atoms. The molecule has 0 saturated carbocycles. The van der Waals surface area contributed by atoms with Crippen LogP contribution in [0.4, 0.5) is 17.1 Å². The van der Waals surface area contributed by atoms with E-state index in [1.165, 1.54) is 23.5 Å². The van der Waals surface area contributed by atoms with Gasteiger partial charge in [-0.25, -0.2) is 0 Å². The normalized spacial score (nSPS) is 10.1. The van der Waals surface area contributed by atoms with E-state index < -0.39 is 9.85 Å². The molecule has 0 amide bonds. The predicted molar refractivity (Wildman–Crippen MR) is 69.2 cm³/mol. The fraction of sp³-hybridized carbons (Fsp3) is 0.100. The topological polar surface area (TPSA) is 111 Å². The van der Waals surface area contributed by atoms with Crippen LogP contribution in [0.15, 0.2) is 29.9 Å². The van der Waals surface area contributed by atoms with Crippen LogP contribution >= 0.6 is 11.3 Å². The Hall–Kier alpha value is -2.55. The minimum atomic E-state index is -0.667. The molecule has 2 rings (SSSR count). The molecular weight excluding hydrogens is 272 g/mol. The summed E-state index contributed by atoms with van der Waals surface area (Å²) in [5, 5.41) is 24.3. The van der Waals surface area contributed by atoms with Crippen LogP contribution < -0.4 is 5.32 Å². The summed E-state index contributed by atoms with van der Waals surface area (Å²) < 4.78 is 0. The zero-order chi connectivity index (χ0) is 13.8. The number of non-ortho nitro benzene ring substituents is 1. The number of rotatable bonds is 5. The third-order valence-electron chi connectivity index (χ3n) is 2.33. The Morgan fingerprint density at radius 2 is 2.05 bits per heavy atom. The summed E-state index contributed by atoms with van der Waals surface area (Å²) in [7, 11) is 0. The third-order valence-corrected chi connectivity index (χ3v) is 3.10. The number of benzene rings is 1. The Morgan fingerprint density at radius 1 is 1.26 bits per heavy atom. The van der Waals surface area contributed by atoms with Crippen LogP contribution in [0.2, 0.25) is 0 Å². The van der Waals surface area contributed by atoms with E-state index in [-0.39, 0.29) is 17.1 Å². The number of aromatic nitrogens is 1. The van der Waals surface area contributed by atoms with Crippen molar-refractivity contribution in [1.82, 2.24) is 4.98 Å². The smallest absolute Gasteiger partial charge is 0.299 e. The standard InChI is InChI=1S/C10H8N4O4S/c15-13(16)7-1-2-9(10(3-7)14(17)18)12-5-8-4-11-6-19-8/h1-4,6,12H,5H2. The Kier molecular flexibility index (Phi) is 3.66. The zero-order valence-corrected chi connectivity index (χ0v) is 10.3. The van der Waals surface area contributed by atoms with Crippen LogP contribution in [0.5, 0.6) is 0 Å². The summed E-state index contributed by atoms with van der Waals surface area (Å²) in [5.41, 5.74) is 1.26. The van der Waals surface area contributed by atoms with Crippen molar-refractivity contribution in [3.63, 3.8) is 0 Å². The van der Waals surface area contributed by atoms with Crippen LogP contribution in [0.25, 0.3) is 0 Å². The summed E-state index contributed by atoms with van der Waals surface area (Å²) in [4.78, 5) is 25.0. The molecule has 0 aliphatic heterocycles. The molecule has 0 unspecified atom stereocenters. The second-order valence-electron chi connectivity index (χ2n) is 3.54. The number of anilines is 1. The zero-order valence-electron chi connectivity index (χ0n) is 9.48. The van der Waals surface area contributed by atoms with Crippen molar-refractivity contribution in [2.24, 2.45) is 0 Å². The first kappa shape index (κ1) is 12.9. The van der Waals surface area contributed by atoms with Gasteiger partial charge in [0.25, 0.3) is 11.4 Å². The fourth-order valence-electron chi connectivity index (χ4n) is 1.45. The number of nitrogens with zero attached hydrogens (tertiary/aromatic N) is 3. The van der Waals surface area contributed by atoms with Crippen molar-refractivity contribution in [2.75, 3.05) is 5.32 Å². The van der Waals surface area contributed by atoms with Gasteiger partial charge in [-0.05, 0) is 6.07 Å². The molecule has 1 N–H and O–H groups in total. The summed E-state index contributed by atoms with van der Waals surface area (Å²) in [6.45, 7) is 0.378. The quantitative estimate of drug-likeness (QED) is 0.665. The molecule has 1 aromatic carbocycles. The molecule has 1 heterocycles. The van der Waals surface area contributed by atoms with Crippen LogP contribution in [0.1, 0.15) is 4.88 Å². The van der Waals surface area contributed by atoms with Crippen LogP contribution in [-0.4, -0.2) is 14.8 Å². The molecular formula is C10H8N4O4S. The van der Waals surface area contributed by atoms with Crippen molar-refractivity contribution in [3.05, 3.63) is 55.0 Å². The van der Waals surface area contributed by atoms with Crippen molar-refractivity contribution in [2.45, 2.75) is 6.54 Å². The third kappa shape index (κ3) is 3.01. The average Bonchev–Trinajstić information content (AvgIpc) is 2.89. The lowest BCUT2D eigenvalue weighted by atomic mass is 10.2. The number of hydrogen-bond donors (Lipinski definition) is 1. The van der Waals surface area contributed by atoms with Gasteiger partial charge in [-0.15, -0.1) is 11.3 Å². The Morgan fingerprint density at radius 3 is 2.63 bits per heavy atom. The first-order valence-corrected chi connectivity index (χ1v) is 6.00.